The summed E-state index contributed by atoms with van der Waals surface area (Å²) >= 11 is 12.3. The number of halogens is 5. The minimum atomic E-state index is -4.70. The van der Waals surface area contributed by atoms with E-state index in [0.29, 0.717) is 22.2 Å². The van der Waals surface area contributed by atoms with E-state index in [0.717, 1.165) is 10.1 Å². The van der Waals surface area contributed by atoms with Gasteiger partial charge in [0.2, 0.25) is 5.88 Å². The zero-order chi connectivity index (χ0) is 22.9. The van der Waals surface area contributed by atoms with Crippen molar-refractivity contribution in [2.75, 3.05) is 11.9 Å². The smallest absolute Gasteiger partial charge is 0.435 e. The predicted molar refractivity (Wildman–Crippen MR) is 117 cm³/mol. The van der Waals surface area contributed by atoms with Crippen LogP contribution in [-0.4, -0.2) is 22.3 Å². The summed E-state index contributed by atoms with van der Waals surface area (Å²) in [6, 6.07) is 17.4. The Morgan fingerprint density at radius 1 is 0.969 bits per heavy atom. The van der Waals surface area contributed by atoms with Crippen LogP contribution in [0, 0.1) is 0 Å². The first kappa shape index (κ1) is 22.0. The Bertz CT molecular complexity index is 1310. The standard InChI is InChI=1S/C22H14Cl2F3N3O2/c23-15-9-10-17(14-6-2-1-5-13(14)15)28-20(31)12-32-21-11-19(22(25,26)27)29-30(21)18-8-4-3-7-16(18)24/h1-11H,12H2,(H,28,31). The summed E-state index contributed by atoms with van der Waals surface area (Å²) < 4.78 is 45.9. The maximum Gasteiger partial charge on any atom is 0.435 e. The molecule has 0 atom stereocenters. The zero-order valence-corrected chi connectivity index (χ0v) is 17.7. The van der Waals surface area contributed by atoms with Gasteiger partial charge in [0.15, 0.2) is 12.3 Å². The van der Waals surface area contributed by atoms with E-state index in [1.54, 1.807) is 36.4 Å². The van der Waals surface area contributed by atoms with Crippen molar-refractivity contribution in [1.29, 1.82) is 0 Å². The van der Waals surface area contributed by atoms with Crippen LogP contribution in [0.3, 0.4) is 0 Å². The summed E-state index contributed by atoms with van der Waals surface area (Å²) in [5.74, 6) is -0.848. The lowest BCUT2D eigenvalue weighted by atomic mass is 10.1. The summed E-state index contributed by atoms with van der Waals surface area (Å²) in [4.78, 5) is 12.5. The molecule has 10 heteroatoms. The summed E-state index contributed by atoms with van der Waals surface area (Å²) in [5.41, 5.74) is -0.491. The first-order valence-corrected chi connectivity index (χ1v) is 10.0. The molecule has 4 rings (SSSR count). The van der Waals surface area contributed by atoms with Gasteiger partial charge in [-0.2, -0.15) is 23.0 Å². The molecule has 0 fully saturated rings. The number of ether oxygens (including phenoxy) is 1. The number of hydrogen-bond donors (Lipinski definition) is 1. The minimum absolute atomic E-state index is 0.172. The molecule has 1 amide bonds. The van der Waals surface area contributed by atoms with Gasteiger partial charge in [0.25, 0.3) is 5.91 Å². The van der Waals surface area contributed by atoms with E-state index in [-0.39, 0.29) is 16.6 Å². The normalized spacial score (nSPS) is 11.5. The monoisotopic (exact) mass is 479 g/mol. The summed E-state index contributed by atoms with van der Waals surface area (Å²) in [6.45, 7) is -0.551. The van der Waals surface area contributed by atoms with Gasteiger partial charge < -0.3 is 10.1 Å². The third-order valence-corrected chi connectivity index (χ3v) is 5.19. The molecule has 1 N–H and O–H groups in total. The summed E-state index contributed by atoms with van der Waals surface area (Å²) in [5, 5.41) is 8.42. The predicted octanol–water partition coefficient (Wildman–Crippen LogP) is 6.37. The number of hydrogen-bond acceptors (Lipinski definition) is 3. The fourth-order valence-corrected chi connectivity index (χ4v) is 3.54. The average Bonchev–Trinajstić information content (AvgIpc) is 3.19. The molecule has 0 saturated heterocycles. The molecule has 3 aromatic carbocycles. The number of benzene rings is 3. The number of fused-ring (bicyclic) bond motifs is 1. The van der Waals surface area contributed by atoms with Crippen LogP contribution in [0.15, 0.2) is 66.7 Å². The highest BCUT2D eigenvalue weighted by molar-refractivity contribution is 6.36. The molecule has 0 bridgehead atoms. The number of carbonyl (C=O) groups is 1. The first-order valence-electron chi connectivity index (χ1n) is 9.26. The third-order valence-electron chi connectivity index (χ3n) is 4.54. The third kappa shape index (κ3) is 4.51. The molecule has 0 unspecified atom stereocenters. The van der Waals surface area contributed by atoms with Crippen molar-refractivity contribution in [3.63, 3.8) is 0 Å². The van der Waals surface area contributed by atoms with Gasteiger partial charge in [0.1, 0.15) is 0 Å². The van der Waals surface area contributed by atoms with E-state index in [4.69, 9.17) is 27.9 Å². The minimum Gasteiger partial charge on any atom is -0.467 e. The molecule has 0 aliphatic heterocycles. The van der Waals surface area contributed by atoms with E-state index >= 15 is 0 Å². The largest absolute Gasteiger partial charge is 0.467 e. The van der Waals surface area contributed by atoms with Crippen LogP contribution in [0.25, 0.3) is 16.5 Å². The van der Waals surface area contributed by atoms with Crippen molar-refractivity contribution in [3.8, 4) is 11.6 Å². The van der Waals surface area contributed by atoms with Crippen molar-refractivity contribution in [1.82, 2.24) is 9.78 Å². The van der Waals surface area contributed by atoms with Gasteiger partial charge in [-0.25, -0.2) is 0 Å². The number of carbonyl (C=O) groups excluding carboxylic acids is 1. The van der Waals surface area contributed by atoms with Crippen molar-refractivity contribution >= 4 is 45.6 Å². The highest BCUT2D eigenvalue weighted by Gasteiger charge is 2.36. The first-order chi connectivity index (χ1) is 15.2. The molecule has 0 radical (unpaired) electrons. The molecule has 5 nitrogen and oxygen atoms in total. The number of alkyl halides is 3. The van der Waals surface area contributed by atoms with Crippen molar-refractivity contribution in [3.05, 3.63) is 82.5 Å². The number of anilines is 1. The molecule has 0 saturated carbocycles. The van der Waals surface area contributed by atoms with Gasteiger partial charge in [-0.3, -0.25) is 4.79 Å². The molecule has 0 aliphatic carbocycles. The lowest BCUT2D eigenvalue weighted by molar-refractivity contribution is -0.141. The van der Waals surface area contributed by atoms with Crippen molar-refractivity contribution in [2.24, 2.45) is 0 Å². The Kier molecular flexibility index (Phi) is 5.99. The van der Waals surface area contributed by atoms with Gasteiger partial charge in [-0.05, 0) is 24.3 Å². The van der Waals surface area contributed by atoms with Crippen LogP contribution in [0.2, 0.25) is 10.0 Å². The number of amides is 1. The van der Waals surface area contributed by atoms with Crippen LogP contribution < -0.4 is 10.1 Å². The molecule has 4 aromatic rings. The highest BCUT2D eigenvalue weighted by Crippen LogP contribution is 2.34. The Morgan fingerprint density at radius 3 is 2.38 bits per heavy atom. The topological polar surface area (TPSA) is 56.1 Å². The van der Waals surface area contributed by atoms with E-state index in [2.05, 4.69) is 10.4 Å². The molecule has 1 heterocycles. The molecule has 0 aliphatic rings. The number of para-hydroxylation sites is 1. The van der Waals surface area contributed by atoms with Crippen molar-refractivity contribution in [2.45, 2.75) is 6.18 Å². The van der Waals surface area contributed by atoms with E-state index in [1.807, 2.05) is 12.1 Å². The Balaban J connectivity index is 1.58. The molecule has 164 valence electrons. The van der Waals surface area contributed by atoms with E-state index < -0.39 is 24.4 Å². The average molecular weight is 480 g/mol. The van der Waals surface area contributed by atoms with E-state index in [1.165, 1.54) is 12.1 Å². The summed E-state index contributed by atoms with van der Waals surface area (Å²) in [6.07, 6.45) is -4.70. The maximum absolute atomic E-state index is 13.2. The van der Waals surface area contributed by atoms with Gasteiger partial charge in [0, 0.05) is 27.5 Å². The molecular formula is C22H14Cl2F3N3O2. The van der Waals surface area contributed by atoms with Gasteiger partial charge >= 0.3 is 6.18 Å². The molecular weight excluding hydrogens is 466 g/mol. The second-order valence-corrected chi connectivity index (χ2v) is 7.52. The van der Waals surface area contributed by atoms with E-state index in [9.17, 15) is 18.0 Å². The summed E-state index contributed by atoms with van der Waals surface area (Å²) in [7, 11) is 0. The lowest BCUT2D eigenvalue weighted by Crippen LogP contribution is -2.21. The number of nitrogens with one attached hydrogen (secondary N) is 1. The highest BCUT2D eigenvalue weighted by atomic mass is 35.5. The number of aromatic nitrogens is 2. The van der Waals surface area contributed by atoms with Crippen LogP contribution in [0.4, 0.5) is 18.9 Å². The van der Waals surface area contributed by atoms with Crippen LogP contribution in [0.1, 0.15) is 5.69 Å². The fourth-order valence-electron chi connectivity index (χ4n) is 3.10. The number of rotatable bonds is 5. The van der Waals surface area contributed by atoms with Crippen LogP contribution in [-0.2, 0) is 11.0 Å². The quantitative estimate of drug-likeness (QED) is 0.361. The Hall–Kier alpha value is -3.23. The second-order valence-electron chi connectivity index (χ2n) is 6.71. The van der Waals surface area contributed by atoms with Gasteiger partial charge in [-0.15, -0.1) is 0 Å². The lowest BCUT2D eigenvalue weighted by Gasteiger charge is -2.12. The van der Waals surface area contributed by atoms with Crippen LogP contribution in [0.5, 0.6) is 5.88 Å². The van der Waals surface area contributed by atoms with Gasteiger partial charge in [0.05, 0.1) is 10.7 Å². The fraction of sp³-hybridized carbons (Fsp3) is 0.0909. The van der Waals surface area contributed by atoms with Gasteiger partial charge in [-0.1, -0.05) is 59.6 Å². The Morgan fingerprint density at radius 2 is 1.66 bits per heavy atom. The second kappa shape index (κ2) is 8.72. The van der Waals surface area contributed by atoms with Crippen LogP contribution >= 0.6 is 23.2 Å². The molecule has 1 aromatic heterocycles. The maximum atomic E-state index is 13.2. The number of nitrogens with zero attached hydrogens (tertiary/aromatic N) is 2. The molecule has 0 spiro atoms. The molecule has 32 heavy (non-hydrogen) atoms. The SMILES string of the molecule is O=C(COc1cc(C(F)(F)F)nn1-c1ccccc1Cl)Nc1ccc(Cl)c2ccccc12. The Labute approximate surface area is 190 Å². The van der Waals surface area contributed by atoms with Crippen molar-refractivity contribution < 1.29 is 22.7 Å². The zero-order valence-electron chi connectivity index (χ0n) is 16.2.